The van der Waals surface area contributed by atoms with Gasteiger partial charge < -0.3 is 14.8 Å². The van der Waals surface area contributed by atoms with Crippen molar-refractivity contribution in [1.82, 2.24) is 19.8 Å². The first-order valence-corrected chi connectivity index (χ1v) is 8.07. The maximum Gasteiger partial charge on any atom is 0.127 e. The Bertz CT molecular complexity index is 614. The summed E-state index contributed by atoms with van der Waals surface area (Å²) in [6.45, 7) is 3.16. The van der Waals surface area contributed by atoms with E-state index in [9.17, 15) is 0 Å². The molecule has 1 fully saturated rings. The molecule has 1 atom stereocenters. The molecule has 0 saturated carbocycles. The Labute approximate surface area is 131 Å². The van der Waals surface area contributed by atoms with Gasteiger partial charge in [-0.25, -0.2) is 4.98 Å². The maximum absolute atomic E-state index is 6.18. The number of aromatic nitrogens is 2. The van der Waals surface area contributed by atoms with E-state index in [2.05, 4.69) is 28.9 Å². The molecule has 0 amide bonds. The van der Waals surface area contributed by atoms with Gasteiger partial charge in [-0.05, 0) is 64.6 Å². The Kier molecular flexibility index (Phi) is 4.48. The summed E-state index contributed by atoms with van der Waals surface area (Å²) in [7, 11) is 4.23. The molecule has 1 aromatic carbocycles. The van der Waals surface area contributed by atoms with E-state index in [0.29, 0.717) is 6.04 Å². The topological polar surface area (TPSA) is 33.1 Å². The summed E-state index contributed by atoms with van der Waals surface area (Å²) < 4.78 is 2.35. The Balaban J connectivity index is 1.95. The lowest BCUT2D eigenvalue weighted by Crippen LogP contribution is -2.20. The summed E-state index contributed by atoms with van der Waals surface area (Å²) in [4.78, 5) is 7.08. The summed E-state index contributed by atoms with van der Waals surface area (Å²) in [6.07, 6.45) is 3.52. The van der Waals surface area contributed by atoms with Crippen molar-refractivity contribution in [2.45, 2.75) is 31.8 Å². The molecule has 0 aliphatic carbocycles. The van der Waals surface area contributed by atoms with Crippen molar-refractivity contribution in [1.29, 1.82) is 0 Å². The van der Waals surface area contributed by atoms with Crippen molar-refractivity contribution in [3.05, 3.63) is 29.0 Å². The first kappa shape index (κ1) is 14.8. The lowest BCUT2D eigenvalue weighted by molar-refractivity contribution is 0.384. The van der Waals surface area contributed by atoms with Crippen molar-refractivity contribution in [2.24, 2.45) is 0 Å². The Morgan fingerprint density at radius 3 is 3.00 bits per heavy atom. The van der Waals surface area contributed by atoms with Crippen LogP contribution in [0.15, 0.2) is 18.2 Å². The molecular weight excluding hydrogens is 284 g/mol. The quantitative estimate of drug-likeness (QED) is 0.921. The average Bonchev–Trinajstić information content (AvgIpc) is 3.06. The molecule has 1 aromatic heterocycles. The zero-order valence-corrected chi connectivity index (χ0v) is 13.5. The second kappa shape index (κ2) is 6.34. The highest BCUT2D eigenvalue weighted by Gasteiger charge is 2.23. The summed E-state index contributed by atoms with van der Waals surface area (Å²) >= 11 is 6.18. The normalized spacial score (nSPS) is 19.0. The van der Waals surface area contributed by atoms with Crippen LogP contribution >= 0.6 is 11.6 Å². The minimum Gasteiger partial charge on any atom is -0.327 e. The summed E-state index contributed by atoms with van der Waals surface area (Å²) in [5.41, 5.74) is 2.21. The number of nitrogens with zero attached hydrogens (tertiary/aromatic N) is 3. The third-order valence-electron chi connectivity index (χ3n) is 4.10. The van der Waals surface area contributed by atoms with Crippen molar-refractivity contribution in [3.8, 4) is 0 Å². The molecule has 3 rings (SSSR count). The molecule has 0 radical (unpaired) electrons. The monoisotopic (exact) mass is 306 g/mol. The van der Waals surface area contributed by atoms with Crippen LogP contribution in [0.25, 0.3) is 11.0 Å². The van der Waals surface area contributed by atoms with Gasteiger partial charge >= 0.3 is 0 Å². The van der Waals surface area contributed by atoms with Crippen LogP contribution in [0.4, 0.5) is 0 Å². The van der Waals surface area contributed by atoms with Crippen LogP contribution in [0, 0.1) is 0 Å². The smallest absolute Gasteiger partial charge is 0.127 e. The second-order valence-electron chi connectivity index (χ2n) is 6.06. The number of imidazole rings is 1. The molecule has 21 heavy (non-hydrogen) atoms. The fourth-order valence-corrected chi connectivity index (χ4v) is 3.23. The van der Waals surface area contributed by atoms with E-state index in [1.165, 1.54) is 18.7 Å². The van der Waals surface area contributed by atoms with Crippen LogP contribution in [0.5, 0.6) is 0 Å². The molecule has 0 bridgehead atoms. The maximum atomic E-state index is 6.18. The van der Waals surface area contributed by atoms with Crippen molar-refractivity contribution >= 4 is 22.6 Å². The summed E-state index contributed by atoms with van der Waals surface area (Å²) in [5, 5.41) is 4.34. The number of aryl methyl sites for hydroxylation is 1. The third kappa shape index (κ3) is 3.23. The van der Waals surface area contributed by atoms with Crippen LogP contribution in [-0.4, -0.2) is 41.6 Å². The largest absolute Gasteiger partial charge is 0.327 e. The molecule has 1 unspecified atom stereocenters. The molecule has 1 saturated heterocycles. The van der Waals surface area contributed by atoms with Crippen LogP contribution in [0.3, 0.4) is 0 Å². The SMILES string of the molecule is CN(C)CCCn1c(C2CCCN2)nc2ccc(Cl)cc21. The molecular formula is C16H23ClN4. The van der Waals surface area contributed by atoms with E-state index >= 15 is 0 Å². The van der Waals surface area contributed by atoms with Gasteiger partial charge in [0.25, 0.3) is 0 Å². The van der Waals surface area contributed by atoms with Gasteiger partial charge in [-0.3, -0.25) is 0 Å². The standard InChI is InChI=1S/C16H23ClN4/c1-20(2)9-4-10-21-15-11-12(17)6-7-13(15)19-16(21)14-5-3-8-18-14/h6-7,11,14,18H,3-5,8-10H2,1-2H3. The Morgan fingerprint density at radius 2 is 2.29 bits per heavy atom. The first-order valence-electron chi connectivity index (χ1n) is 7.69. The fourth-order valence-electron chi connectivity index (χ4n) is 3.07. The number of benzene rings is 1. The van der Waals surface area contributed by atoms with E-state index in [-0.39, 0.29) is 0 Å². The van der Waals surface area contributed by atoms with Crippen LogP contribution in [-0.2, 0) is 6.54 Å². The van der Waals surface area contributed by atoms with E-state index in [1.807, 2.05) is 18.2 Å². The molecule has 1 aliphatic rings. The number of halogens is 1. The molecule has 5 heteroatoms. The van der Waals surface area contributed by atoms with Gasteiger partial charge in [0.05, 0.1) is 17.1 Å². The lowest BCUT2D eigenvalue weighted by atomic mass is 10.2. The van der Waals surface area contributed by atoms with Gasteiger partial charge in [-0.2, -0.15) is 0 Å². The molecule has 1 aliphatic heterocycles. The number of hydrogen-bond acceptors (Lipinski definition) is 3. The van der Waals surface area contributed by atoms with E-state index in [0.717, 1.165) is 42.1 Å². The Morgan fingerprint density at radius 1 is 1.43 bits per heavy atom. The summed E-state index contributed by atoms with van der Waals surface area (Å²) in [5.74, 6) is 1.17. The third-order valence-corrected chi connectivity index (χ3v) is 4.33. The predicted octanol–water partition coefficient (Wildman–Crippen LogP) is 3.07. The minimum atomic E-state index is 0.385. The lowest BCUT2D eigenvalue weighted by Gasteiger charge is -2.15. The molecule has 4 nitrogen and oxygen atoms in total. The molecule has 2 heterocycles. The van der Waals surface area contributed by atoms with Gasteiger partial charge in [-0.1, -0.05) is 11.6 Å². The van der Waals surface area contributed by atoms with E-state index < -0.39 is 0 Å². The van der Waals surface area contributed by atoms with Crippen LogP contribution in [0.2, 0.25) is 5.02 Å². The van der Waals surface area contributed by atoms with Crippen molar-refractivity contribution < 1.29 is 0 Å². The predicted molar refractivity (Wildman–Crippen MR) is 87.9 cm³/mol. The van der Waals surface area contributed by atoms with Crippen LogP contribution < -0.4 is 5.32 Å². The molecule has 0 spiro atoms. The van der Waals surface area contributed by atoms with Gasteiger partial charge in [-0.15, -0.1) is 0 Å². The highest BCUT2D eigenvalue weighted by molar-refractivity contribution is 6.31. The fraction of sp³-hybridized carbons (Fsp3) is 0.562. The van der Waals surface area contributed by atoms with Gasteiger partial charge in [0.2, 0.25) is 0 Å². The van der Waals surface area contributed by atoms with Gasteiger partial charge in [0.15, 0.2) is 0 Å². The van der Waals surface area contributed by atoms with Gasteiger partial charge in [0, 0.05) is 11.6 Å². The number of fused-ring (bicyclic) bond motifs is 1. The highest BCUT2D eigenvalue weighted by Crippen LogP contribution is 2.28. The number of nitrogens with one attached hydrogen (secondary N) is 1. The zero-order valence-electron chi connectivity index (χ0n) is 12.8. The molecule has 2 aromatic rings. The minimum absolute atomic E-state index is 0.385. The zero-order chi connectivity index (χ0) is 14.8. The number of hydrogen-bond donors (Lipinski definition) is 1. The van der Waals surface area contributed by atoms with Crippen LogP contribution in [0.1, 0.15) is 31.1 Å². The van der Waals surface area contributed by atoms with Gasteiger partial charge in [0.1, 0.15) is 5.82 Å². The molecule has 1 N–H and O–H groups in total. The molecule has 114 valence electrons. The van der Waals surface area contributed by atoms with E-state index in [4.69, 9.17) is 16.6 Å². The average molecular weight is 307 g/mol. The second-order valence-corrected chi connectivity index (χ2v) is 6.50. The highest BCUT2D eigenvalue weighted by atomic mass is 35.5. The van der Waals surface area contributed by atoms with E-state index in [1.54, 1.807) is 0 Å². The van der Waals surface area contributed by atoms with Crippen molar-refractivity contribution in [2.75, 3.05) is 27.2 Å². The number of rotatable bonds is 5. The Hall–Kier alpha value is -1.10. The van der Waals surface area contributed by atoms with Crippen molar-refractivity contribution in [3.63, 3.8) is 0 Å². The summed E-state index contributed by atoms with van der Waals surface area (Å²) in [6, 6.07) is 6.37. The first-order chi connectivity index (χ1) is 10.1.